The van der Waals surface area contributed by atoms with E-state index >= 15 is 0 Å². The first kappa shape index (κ1) is 18.2. The van der Waals surface area contributed by atoms with E-state index in [0.717, 1.165) is 11.1 Å². The summed E-state index contributed by atoms with van der Waals surface area (Å²) < 4.78 is 0. The molecule has 2 N–H and O–H groups in total. The van der Waals surface area contributed by atoms with E-state index in [1.54, 1.807) is 11.8 Å². The Bertz CT molecular complexity index is 588. The number of phenolic OH excluding ortho intramolecular Hbond substituents is 1. The van der Waals surface area contributed by atoms with Crippen molar-refractivity contribution in [2.24, 2.45) is 0 Å². The molecule has 0 saturated heterocycles. The summed E-state index contributed by atoms with van der Waals surface area (Å²) >= 11 is 1.77. The normalized spacial score (nSPS) is 19.2. The summed E-state index contributed by atoms with van der Waals surface area (Å²) in [6.45, 7) is 12.9. The highest BCUT2D eigenvalue weighted by molar-refractivity contribution is 8.03. The molecular formula is C19H30N2OS. The van der Waals surface area contributed by atoms with Crippen LogP contribution in [0.2, 0.25) is 0 Å². The van der Waals surface area contributed by atoms with Crippen molar-refractivity contribution in [2.75, 3.05) is 14.1 Å². The predicted molar refractivity (Wildman–Crippen MR) is 102 cm³/mol. The Morgan fingerprint density at radius 1 is 1.04 bits per heavy atom. The van der Waals surface area contributed by atoms with Crippen LogP contribution in [0.5, 0.6) is 5.75 Å². The molecular weight excluding hydrogens is 304 g/mol. The van der Waals surface area contributed by atoms with Crippen molar-refractivity contribution in [2.45, 2.75) is 57.9 Å². The van der Waals surface area contributed by atoms with Gasteiger partial charge in [0, 0.05) is 18.2 Å². The third-order valence-corrected chi connectivity index (χ3v) is 5.48. The Morgan fingerprint density at radius 3 is 1.87 bits per heavy atom. The molecule has 2 rings (SSSR count). The van der Waals surface area contributed by atoms with Gasteiger partial charge in [0.05, 0.1) is 5.70 Å². The first-order valence-corrected chi connectivity index (χ1v) is 9.05. The molecule has 0 radical (unpaired) electrons. The fourth-order valence-corrected chi connectivity index (χ4v) is 3.88. The Morgan fingerprint density at radius 2 is 1.52 bits per heavy atom. The van der Waals surface area contributed by atoms with Crippen molar-refractivity contribution in [1.29, 1.82) is 0 Å². The van der Waals surface area contributed by atoms with Gasteiger partial charge in [-0.05, 0) is 41.0 Å². The third kappa shape index (κ3) is 3.53. The first-order chi connectivity index (χ1) is 10.5. The van der Waals surface area contributed by atoms with E-state index in [9.17, 15) is 5.11 Å². The summed E-state index contributed by atoms with van der Waals surface area (Å²) in [5.74, 6) is 0.438. The maximum atomic E-state index is 10.8. The number of nitrogens with one attached hydrogen (secondary N) is 1. The minimum absolute atomic E-state index is 0.104. The van der Waals surface area contributed by atoms with E-state index in [2.05, 4.69) is 76.3 Å². The number of benzene rings is 1. The van der Waals surface area contributed by atoms with Crippen LogP contribution in [-0.4, -0.2) is 29.6 Å². The number of rotatable bonds is 2. The highest BCUT2D eigenvalue weighted by Crippen LogP contribution is 2.43. The Kier molecular flexibility index (Phi) is 4.80. The summed E-state index contributed by atoms with van der Waals surface area (Å²) in [5, 5.41) is 16.3. The highest BCUT2D eigenvalue weighted by Gasteiger charge is 2.29. The van der Waals surface area contributed by atoms with Crippen LogP contribution in [0, 0.1) is 0 Å². The van der Waals surface area contributed by atoms with Gasteiger partial charge in [-0.15, -0.1) is 0 Å². The summed E-state index contributed by atoms with van der Waals surface area (Å²) in [6, 6.07) is 4.29. The van der Waals surface area contributed by atoms with Crippen LogP contribution in [0.25, 0.3) is 5.70 Å². The van der Waals surface area contributed by atoms with Crippen molar-refractivity contribution < 1.29 is 5.11 Å². The summed E-state index contributed by atoms with van der Waals surface area (Å²) in [6.07, 6.45) is 0. The molecule has 4 heteroatoms. The minimum Gasteiger partial charge on any atom is -0.507 e. The van der Waals surface area contributed by atoms with Crippen molar-refractivity contribution >= 4 is 17.5 Å². The summed E-state index contributed by atoms with van der Waals surface area (Å²) in [7, 11) is 4.08. The molecule has 0 aliphatic carbocycles. The first-order valence-electron chi connectivity index (χ1n) is 8.11. The molecule has 1 aliphatic rings. The second kappa shape index (κ2) is 6.06. The van der Waals surface area contributed by atoms with Gasteiger partial charge >= 0.3 is 0 Å². The van der Waals surface area contributed by atoms with Crippen LogP contribution in [0.4, 0.5) is 0 Å². The largest absolute Gasteiger partial charge is 0.507 e. The van der Waals surface area contributed by atoms with Gasteiger partial charge in [-0.25, -0.2) is 0 Å². The van der Waals surface area contributed by atoms with Gasteiger partial charge in [0.25, 0.3) is 0 Å². The van der Waals surface area contributed by atoms with Gasteiger partial charge in [0.15, 0.2) is 0 Å². The highest BCUT2D eigenvalue weighted by atomic mass is 32.2. The Labute approximate surface area is 145 Å². The van der Waals surface area contributed by atoms with Gasteiger partial charge in [-0.1, -0.05) is 53.3 Å². The molecule has 3 nitrogen and oxygen atoms in total. The number of phenols is 1. The second-order valence-corrected chi connectivity index (χ2v) is 9.27. The monoisotopic (exact) mass is 334 g/mol. The van der Waals surface area contributed by atoms with Crippen LogP contribution >= 0.6 is 11.8 Å². The standard InChI is InChI=1S/C19H30N2OS/c1-18(2,3)13-9-12(10-14(16(13)22)19(4,5)6)15-11-23-17(20-7)21(15)8/h9-11,17,20,22H,1-8H3. The molecule has 0 fully saturated rings. The molecule has 0 aromatic heterocycles. The zero-order valence-corrected chi connectivity index (χ0v) is 16.4. The molecule has 1 aliphatic heterocycles. The molecule has 23 heavy (non-hydrogen) atoms. The molecule has 128 valence electrons. The average molecular weight is 335 g/mol. The molecule has 0 amide bonds. The summed E-state index contributed by atoms with van der Waals surface area (Å²) in [5.41, 5.74) is 4.44. The van der Waals surface area contributed by atoms with E-state index in [1.165, 1.54) is 11.3 Å². The number of hydrogen-bond donors (Lipinski definition) is 2. The van der Waals surface area contributed by atoms with Gasteiger partial charge in [-0.2, -0.15) is 0 Å². The van der Waals surface area contributed by atoms with Crippen LogP contribution < -0.4 is 5.32 Å². The second-order valence-electron chi connectivity index (χ2n) is 8.31. The van der Waals surface area contributed by atoms with Crippen LogP contribution in [0.15, 0.2) is 17.5 Å². The lowest BCUT2D eigenvalue weighted by Gasteiger charge is -2.30. The van der Waals surface area contributed by atoms with Crippen LogP contribution in [0.1, 0.15) is 58.2 Å². The van der Waals surface area contributed by atoms with Crippen molar-refractivity contribution in [1.82, 2.24) is 10.2 Å². The van der Waals surface area contributed by atoms with Crippen molar-refractivity contribution in [3.63, 3.8) is 0 Å². The fourth-order valence-electron chi connectivity index (χ4n) is 2.89. The topological polar surface area (TPSA) is 35.5 Å². The van der Waals surface area contributed by atoms with Gasteiger partial charge in [0.2, 0.25) is 0 Å². The van der Waals surface area contributed by atoms with Crippen molar-refractivity contribution in [3.8, 4) is 5.75 Å². The third-order valence-electron chi connectivity index (χ3n) is 4.31. The van der Waals surface area contributed by atoms with Crippen molar-refractivity contribution in [3.05, 3.63) is 34.2 Å². The molecule has 0 spiro atoms. The molecule has 0 bridgehead atoms. The number of thioether (sulfide) groups is 1. The number of hydrogen-bond acceptors (Lipinski definition) is 4. The zero-order valence-electron chi connectivity index (χ0n) is 15.6. The zero-order chi connectivity index (χ0) is 17.6. The van der Waals surface area contributed by atoms with Gasteiger partial charge < -0.3 is 10.0 Å². The molecule has 1 aromatic carbocycles. The fraction of sp³-hybridized carbons (Fsp3) is 0.579. The van der Waals surface area contributed by atoms with Crippen LogP contribution in [-0.2, 0) is 10.8 Å². The molecule has 1 heterocycles. The van der Waals surface area contributed by atoms with Crippen LogP contribution in [0.3, 0.4) is 0 Å². The molecule has 0 saturated carbocycles. The lowest BCUT2D eigenvalue weighted by Crippen LogP contribution is -2.34. The van der Waals surface area contributed by atoms with Gasteiger partial charge in [0.1, 0.15) is 11.2 Å². The quantitative estimate of drug-likeness (QED) is 0.836. The van der Waals surface area contributed by atoms with E-state index in [1.807, 2.05) is 7.05 Å². The number of aromatic hydroxyl groups is 1. The van der Waals surface area contributed by atoms with Gasteiger partial charge in [-0.3, -0.25) is 5.32 Å². The summed E-state index contributed by atoms with van der Waals surface area (Å²) in [4.78, 5) is 2.25. The lowest BCUT2D eigenvalue weighted by atomic mass is 9.78. The molecule has 1 unspecified atom stereocenters. The average Bonchev–Trinajstić information content (AvgIpc) is 2.77. The van der Waals surface area contributed by atoms with E-state index in [4.69, 9.17) is 0 Å². The SMILES string of the molecule is CNC1SC=C(c2cc(C(C)(C)C)c(O)c(C(C)(C)C)c2)N1C. The maximum absolute atomic E-state index is 10.8. The Hall–Kier alpha value is -1.13. The minimum atomic E-state index is -0.104. The lowest BCUT2D eigenvalue weighted by molar-refractivity contribution is 0.414. The predicted octanol–water partition coefficient (Wildman–Crippen LogP) is 4.47. The van der Waals surface area contributed by atoms with E-state index in [0.29, 0.717) is 5.75 Å². The number of nitrogens with zero attached hydrogens (tertiary/aromatic N) is 1. The smallest absolute Gasteiger partial charge is 0.131 e. The van der Waals surface area contributed by atoms with E-state index < -0.39 is 0 Å². The Balaban J connectivity index is 2.62. The molecule has 1 aromatic rings. The van der Waals surface area contributed by atoms with E-state index in [-0.39, 0.29) is 16.3 Å². The molecule has 1 atom stereocenters. The maximum Gasteiger partial charge on any atom is 0.131 e.